The van der Waals surface area contributed by atoms with Gasteiger partial charge in [0.05, 0.1) is 19.3 Å². The number of aliphatic hydroxyl groups excluding tert-OH is 1. The summed E-state index contributed by atoms with van der Waals surface area (Å²) in [7, 11) is 1.59. The van der Waals surface area contributed by atoms with Crippen LogP contribution in [0.4, 0.5) is 0 Å². The van der Waals surface area contributed by atoms with E-state index in [4.69, 9.17) is 19.0 Å². The molecular formula is C19H18N2O5. The number of carbonyl (C=O) groups excluding carboxylic acids is 1. The Kier molecular flexibility index (Phi) is 5.28. The summed E-state index contributed by atoms with van der Waals surface area (Å²) < 4.78 is 16.1. The maximum absolute atomic E-state index is 12.2. The number of rotatable bonds is 6. The summed E-state index contributed by atoms with van der Waals surface area (Å²) in [5.74, 6) is 0.753. The molecule has 7 heteroatoms. The molecule has 0 saturated carbocycles. The van der Waals surface area contributed by atoms with Crippen LogP contribution in [0.5, 0.6) is 5.75 Å². The highest BCUT2D eigenvalue weighted by Crippen LogP contribution is 2.24. The first-order valence-electron chi connectivity index (χ1n) is 7.99. The van der Waals surface area contributed by atoms with E-state index < -0.39 is 12.1 Å². The minimum absolute atomic E-state index is 0.0815. The van der Waals surface area contributed by atoms with Gasteiger partial charge in [-0.1, -0.05) is 12.1 Å². The van der Waals surface area contributed by atoms with Crippen molar-refractivity contribution in [1.29, 1.82) is 0 Å². The number of aromatic nitrogens is 2. The van der Waals surface area contributed by atoms with E-state index in [0.717, 1.165) is 16.9 Å². The van der Waals surface area contributed by atoms with Crippen LogP contribution in [-0.2, 0) is 11.3 Å². The summed E-state index contributed by atoms with van der Waals surface area (Å²) in [6.45, 7) is 1.58. The quantitative estimate of drug-likeness (QED) is 0.679. The van der Waals surface area contributed by atoms with Crippen molar-refractivity contribution in [2.45, 2.75) is 19.6 Å². The lowest BCUT2D eigenvalue weighted by Gasteiger charge is -2.09. The summed E-state index contributed by atoms with van der Waals surface area (Å²) in [4.78, 5) is 12.2. The maximum Gasteiger partial charge on any atom is 0.338 e. The van der Waals surface area contributed by atoms with Crippen molar-refractivity contribution in [1.82, 2.24) is 10.2 Å². The van der Waals surface area contributed by atoms with E-state index in [2.05, 4.69) is 10.2 Å². The summed E-state index contributed by atoms with van der Waals surface area (Å²) in [5.41, 5.74) is 1.84. The van der Waals surface area contributed by atoms with Gasteiger partial charge in [0.15, 0.2) is 6.10 Å². The van der Waals surface area contributed by atoms with Crippen molar-refractivity contribution >= 4 is 5.97 Å². The molecule has 1 aromatic heterocycles. The summed E-state index contributed by atoms with van der Waals surface area (Å²) in [6.07, 6.45) is -0.695. The normalized spacial score (nSPS) is 11.8. The van der Waals surface area contributed by atoms with Crippen LogP contribution >= 0.6 is 0 Å². The Balaban J connectivity index is 1.68. The Labute approximate surface area is 150 Å². The number of aliphatic hydroxyl groups is 1. The molecule has 26 heavy (non-hydrogen) atoms. The standard InChI is InChI=1S/C19H18N2O5/c1-12(25-19(23)15-5-3-13(11-22)4-6-15)17-20-21-18(26-17)14-7-9-16(24-2)10-8-14/h3-10,12,22H,11H2,1-2H3. The van der Waals surface area contributed by atoms with Gasteiger partial charge in [0.1, 0.15) is 5.75 Å². The van der Waals surface area contributed by atoms with Gasteiger partial charge >= 0.3 is 5.97 Å². The predicted octanol–water partition coefficient (Wildman–Crippen LogP) is 3.16. The van der Waals surface area contributed by atoms with Gasteiger partial charge in [-0.05, 0) is 48.9 Å². The monoisotopic (exact) mass is 354 g/mol. The summed E-state index contributed by atoms with van der Waals surface area (Å²) in [6, 6.07) is 13.7. The highest BCUT2D eigenvalue weighted by atomic mass is 16.6. The van der Waals surface area contributed by atoms with E-state index in [0.29, 0.717) is 11.5 Å². The average Bonchev–Trinajstić information content (AvgIpc) is 3.18. The lowest BCUT2D eigenvalue weighted by Crippen LogP contribution is -2.09. The van der Waals surface area contributed by atoms with E-state index in [1.807, 2.05) is 0 Å². The number of hydrogen-bond acceptors (Lipinski definition) is 7. The topological polar surface area (TPSA) is 94.7 Å². The average molecular weight is 354 g/mol. The fraction of sp³-hybridized carbons (Fsp3) is 0.211. The van der Waals surface area contributed by atoms with Crippen LogP contribution in [0.25, 0.3) is 11.5 Å². The molecule has 1 N–H and O–H groups in total. The van der Waals surface area contributed by atoms with Crippen LogP contribution in [0.2, 0.25) is 0 Å². The molecular weight excluding hydrogens is 336 g/mol. The van der Waals surface area contributed by atoms with Gasteiger partial charge in [0, 0.05) is 5.56 Å². The number of esters is 1. The third kappa shape index (κ3) is 3.89. The van der Waals surface area contributed by atoms with Gasteiger partial charge in [-0.15, -0.1) is 10.2 Å². The van der Waals surface area contributed by atoms with Crippen molar-refractivity contribution in [3.05, 3.63) is 65.5 Å². The fourth-order valence-electron chi connectivity index (χ4n) is 2.27. The molecule has 0 spiro atoms. The minimum atomic E-state index is -0.695. The van der Waals surface area contributed by atoms with Crippen LogP contribution in [0.3, 0.4) is 0 Å². The Morgan fingerprint density at radius 3 is 2.42 bits per heavy atom. The zero-order valence-corrected chi connectivity index (χ0v) is 14.4. The van der Waals surface area contributed by atoms with Crippen molar-refractivity contribution in [2.24, 2.45) is 0 Å². The molecule has 3 aromatic rings. The second-order valence-corrected chi connectivity index (χ2v) is 5.58. The lowest BCUT2D eigenvalue weighted by molar-refractivity contribution is 0.0280. The van der Waals surface area contributed by atoms with E-state index in [1.165, 1.54) is 0 Å². The first-order chi connectivity index (χ1) is 12.6. The molecule has 0 aliphatic rings. The largest absolute Gasteiger partial charge is 0.497 e. The van der Waals surface area contributed by atoms with E-state index in [9.17, 15) is 4.79 Å². The van der Waals surface area contributed by atoms with Crippen molar-refractivity contribution in [3.63, 3.8) is 0 Å². The molecule has 0 aliphatic carbocycles. The molecule has 134 valence electrons. The van der Waals surface area contributed by atoms with E-state index in [1.54, 1.807) is 62.6 Å². The van der Waals surface area contributed by atoms with Crippen LogP contribution < -0.4 is 4.74 Å². The Morgan fingerprint density at radius 1 is 1.12 bits per heavy atom. The lowest BCUT2D eigenvalue weighted by atomic mass is 10.1. The number of hydrogen-bond donors (Lipinski definition) is 1. The van der Waals surface area contributed by atoms with Gasteiger partial charge in [0.2, 0.25) is 5.89 Å². The maximum atomic E-state index is 12.2. The van der Waals surface area contributed by atoms with E-state index in [-0.39, 0.29) is 12.5 Å². The van der Waals surface area contributed by atoms with Gasteiger partial charge in [-0.2, -0.15) is 0 Å². The number of benzene rings is 2. The van der Waals surface area contributed by atoms with Crippen LogP contribution in [0.15, 0.2) is 52.9 Å². The molecule has 0 amide bonds. The number of nitrogens with zero attached hydrogens (tertiary/aromatic N) is 2. The summed E-state index contributed by atoms with van der Waals surface area (Å²) in [5, 5.41) is 17.0. The van der Waals surface area contributed by atoms with Crippen molar-refractivity contribution in [2.75, 3.05) is 7.11 Å². The molecule has 2 aromatic carbocycles. The molecule has 3 rings (SSSR count). The SMILES string of the molecule is COc1ccc(-c2nnc(C(C)OC(=O)c3ccc(CO)cc3)o2)cc1. The third-order valence-corrected chi connectivity index (χ3v) is 3.78. The Morgan fingerprint density at radius 2 is 1.81 bits per heavy atom. The smallest absolute Gasteiger partial charge is 0.338 e. The van der Waals surface area contributed by atoms with Gasteiger partial charge in [0.25, 0.3) is 5.89 Å². The Hall–Kier alpha value is -3.19. The molecule has 1 atom stereocenters. The molecule has 0 fully saturated rings. The number of methoxy groups -OCH3 is 1. The molecule has 1 heterocycles. The molecule has 0 aliphatic heterocycles. The van der Waals surface area contributed by atoms with E-state index >= 15 is 0 Å². The van der Waals surface area contributed by atoms with Gasteiger partial charge in [-0.3, -0.25) is 0 Å². The highest BCUT2D eigenvalue weighted by Gasteiger charge is 2.20. The third-order valence-electron chi connectivity index (χ3n) is 3.78. The first kappa shape index (κ1) is 17.6. The second kappa shape index (κ2) is 7.79. The zero-order valence-electron chi connectivity index (χ0n) is 14.4. The Bertz CT molecular complexity index is 872. The summed E-state index contributed by atoms with van der Waals surface area (Å²) >= 11 is 0. The van der Waals surface area contributed by atoms with Gasteiger partial charge in [-0.25, -0.2) is 4.79 Å². The van der Waals surface area contributed by atoms with Crippen LogP contribution in [-0.4, -0.2) is 28.4 Å². The minimum Gasteiger partial charge on any atom is -0.497 e. The van der Waals surface area contributed by atoms with Crippen LogP contribution in [0, 0.1) is 0 Å². The molecule has 0 saturated heterocycles. The zero-order chi connectivity index (χ0) is 18.5. The fourth-order valence-corrected chi connectivity index (χ4v) is 2.27. The van der Waals surface area contributed by atoms with Crippen molar-refractivity contribution in [3.8, 4) is 17.2 Å². The highest BCUT2D eigenvalue weighted by molar-refractivity contribution is 5.89. The molecule has 1 unspecified atom stereocenters. The van der Waals surface area contributed by atoms with Crippen LogP contribution in [0.1, 0.15) is 34.8 Å². The molecule has 0 radical (unpaired) electrons. The number of carbonyl (C=O) groups is 1. The predicted molar refractivity (Wildman–Crippen MR) is 92.5 cm³/mol. The van der Waals surface area contributed by atoms with Gasteiger partial charge < -0.3 is 19.0 Å². The number of ether oxygens (including phenoxy) is 2. The van der Waals surface area contributed by atoms with Crippen molar-refractivity contribution < 1.29 is 23.8 Å². The molecule has 0 bridgehead atoms. The second-order valence-electron chi connectivity index (χ2n) is 5.58. The first-order valence-corrected chi connectivity index (χ1v) is 7.99. The molecule has 7 nitrogen and oxygen atoms in total.